The largest absolute Gasteiger partial charge is 0.396 e. The van der Waals surface area contributed by atoms with Crippen LogP contribution in [-0.4, -0.2) is 33.9 Å². The first-order chi connectivity index (χ1) is 10.5. The number of aromatic nitrogens is 2. The number of nitrogens with one attached hydrogen (secondary N) is 2. The molecule has 0 saturated heterocycles. The third-order valence-electron chi connectivity index (χ3n) is 5.80. The molecule has 0 radical (unpaired) electrons. The topological polar surface area (TPSA) is 78.0 Å². The van der Waals surface area contributed by atoms with Gasteiger partial charge in [0.25, 0.3) is 0 Å². The minimum atomic E-state index is 0.100. The van der Waals surface area contributed by atoms with Crippen LogP contribution < -0.4 is 5.32 Å². The van der Waals surface area contributed by atoms with Crippen LogP contribution >= 0.6 is 0 Å². The van der Waals surface area contributed by atoms with Gasteiger partial charge in [-0.3, -0.25) is 9.89 Å². The zero-order valence-electron chi connectivity index (χ0n) is 13.7. The molecular formula is C17H27N3O2. The van der Waals surface area contributed by atoms with Gasteiger partial charge in [-0.25, -0.2) is 0 Å². The number of aryl methyl sites for hydroxylation is 2. The number of aliphatic hydroxyl groups is 1. The SMILES string of the molecule is Cc1n[nH]c(C)c1C(C)CC(=O)NC1C2CCC(C2)C1CO. The summed E-state index contributed by atoms with van der Waals surface area (Å²) in [6.45, 7) is 6.25. The summed E-state index contributed by atoms with van der Waals surface area (Å²) in [5.41, 5.74) is 3.18. The van der Waals surface area contributed by atoms with E-state index in [1.54, 1.807) is 0 Å². The van der Waals surface area contributed by atoms with Gasteiger partial charge in [0.05, 0.1) is 5.69 Å². The molecule has 5 unspecified atom stereocenters. The molecule has 1 heterocycles. The number of carbonyl (C=O) groups excluding carboxylic acids is 1. The molecule has 2 bridgehead atoms. The number of carbonyl (C=O) groups is 1. The Balaban J connectivity index is 1.61. The molecule has 22 heavy (non-hydrogen) atoms. The highest BCUT2D eigenvalue weighted by molar-refractivity contribution is 5.77. The highest BCUT2D eigenvalue weighted by atomic mass is 16.3. The summed E-state index contributed by atoms with van der Waals surface area (Å²) in [5, 5.41) is 20.0. The van der Waals surface area contributed by atoms with E-state index in [0.717, 1.165) is 17.0 Å². The molecule has 2 fully saturated rings. The van der Waals surface area contributed by atoms with Crippen LogP contribution in [0.1, 0.15) is 55.5 Å². The Labute approximate surface area is 131 Å². The van der Waals surface area contributed by atoms with Crippen LogP contribution in [0, 0.1) is 31.6 Å². The van der Waals surface area contributed by atoms with Crippen LogP contribution in [0.15, 0.2) is 0 Å². The first-order valence-electron chi connectivity index (χ1n) is 8.43. The summed E-state index contributed by atoms with van der Waals surface area (Å²) in [5.74, 6) is 1.69. The highest BCUT2D eigenvalue weighted by Crippen LogP contribution is 2.48. The number of aromatic amines is 1. The van der Waals surface area contributed by atoms with E-state index in [-0.39, 0.29) is 30.4 Å². The van der Waals surface area contributed by atoms with Crippen molar-refractivity contribution in [3.8, 4) is 0 Å². The molecule has 5 atom stereocenters. The van der Waals surface area contributed by atoms with Crippen LogP contribution in [0.5, 0.6) is 0 Å². The molecule has 122 valence electrons. The Bertz CT molecular complexity index is 535. The third kappa shape index (κ3) is 2.67. The lowest BCUT2D eigenvalue weighted by atomic mass is 9.84. The Kier molecular flexibility index (Phi) is 4.26. The molecule has 2 aliphatic carbocycles. The Morgan fingerprint density at radius 3 is 2.77 bits per heavy atom. The van der Waals surface area contributed by atoms with Crippen molar-refractivity contribution in [2.45, 2.75) is 58.4 Å². The van der Waals surface area contributed by atoms with Crippen molar-refractivity contribution in [3.63, 3.8) is 0 Å². The predicted octanol–water partition coefficient (Wildman–Crippen LogP) is 2.04. The molecule has 1 amide bonds. The van der Waals surface area contributed by atoms with Gasteiger partial charge in [0.15, 0.2) is 0 Å². The summed E-state index contributed by atoms with van der Waals surface area (Å²) >= 11 is 0. The van der Waals surface area contributed by atoms with Gasteiger partial charge in [0.1, 0.15) is 0 Å². The van der Waals surface area contributed by atoms with Crippen molar-refractivity contribution >= 4 is 5.91 Å². The summed E-state index contributed by atoms with van der Waals surface area (Å²) in [6, 6.07) is 0.176. The molecule has 1 aromatic rings. The van der Waals surface area contributed by atoms with Crippen molar-refractivity contribution in [2.24, 2.45) is 17.8 Å². The zero-order valence-corrected chi connectivity index (χ0v) is 13.7. The number of rotatable bonds is 5. The molecule has 2 aliphatic rings. The van der Waals surface area contributed by atoms with E-state index >= 15 is 0 Å². The van der Waals surface area contributed by atoms with E-state index in [2.05, 4.69) is 22.4 Å². The summed E-state index contributed by atoms with van der Waals surface area (Å²) < 4.78 is 0. The molecule has 3 N–H and O–H groups in total. The fourth-order valence-electron chi connectivity index (χ4n) is 4.81. The lowest BCUT2D eigenvalue weighted by molar-refractivity contribution is -0.123. The van der Waals surface area contributed by atoms with Crippen molar-refractivity contribution < 1.29 is 9.90 Å². The number of H-pyrrole nitrogens is 1. The Morgan fingerprint density at radius 1 is 1.41 bits per heavy atom. The monoisotopic (exact) mass is 305 g/mol. The molecule has 3 rings (SSSR count). The van der Waals surface area contributed by atoms with E-state index < -0.39 is 0 Å². The van der Waals surface area contributed by atoms with Crippen LogP contribution in [0.3, 0.4) is 0 Å². The smallest absolute Gasteiger partial charge is 0.220 e. The van der Waals surface area contributed by atoms with Crippen molar-refractivity contribution in [3.05, 3.63) is 17.0 Å². The first kappa shape index (κ1) is 15.5. The van der Waals surface area contributed by atoms with Crippen molar-refractivity contribution in [1.82, 2.24) is 15.5 Å². The van der Waals surface area contributed by atoms with E-state index in [1.807, 2.05) is 13.8 Å². The van der Waals surface area contributed by atoms with Gasteiger partial charge in [0, 0.05) is 30.7 Å². The standard InChI is InChI=1S/C17H27N3O2/c1-9(16-10(2)19-20-11(16)3)6-15(22)18-17-13-5-4-12(7-13)14(17)8-21/h9,12-14,17,21H,4-8H2,1-3H3,(H,18,22)(H,19,20). The lowest BCUT2D eigenvalue weighted by Gasteiger charge is -2.30. The van der Waals surface area contributed by atoms with Crippen LogP contribution in [0.2, 0.25) is 0 Å². The van der Waals surface area contributed by atoms with E-state index in [4.69, 9.17) is 0 Å². The van der Waals surface area contributed by atoms with Gasteiger partial charge >= 0.3 is 0 Å². The fraction of sp³-hybridized carbons (Fsp3) is 0.765. The van der Waals surface area contributed by atoms with Crippen LogP contribution in [-0.2, 0) is 4.79 Å². The number of amides is 1. The summed E-state index contributed by atoms with van der Waals surface area (Å²) in [6.07, 6.45) is 4.06. The number of fused-ring (bicyclic) bond motifs is 2. The van der Waals surface area contributed by atoms with Crippen molar-refractivity contribution in [2.75, 3.05) is 6.61 Å². The van der Waals surface area contributed by atoms with Crippen LogP contribution in [0.25, 0.3) is 0 Å². The fourth-order valence-corrected chi connectivity index (χ4v) is 4.81. The summed E-state index contributed by atoms with van der Waals surface area (Å²) in [4.78, 5) is 12.4. The maximum absolute atomic E-state index is 12.4. The highest BCUT2D eigenvalue weighted by Gasteiger charge is 2.47. The molecule has 0 aromatic carbocycles. The quantitative estimate of drug-likeness (QED) is 0.779. The van der Waals surface area contributed by atoms with Gasteiger partial charge in [-0.1, -0.05) is 6.92 Å². The lowest BCUT2D eigenvalue weighted by Crippen LogP contribution is -2.45. The Hall–Kier alpha value is -1.36. The molecule has 0 aliphatic heterocycles. The number of hydrogen-bond donors (Lipinski definition) is 3. The average molecular weight is 305 g/mol. The second-order valence-electron chi connectivity index (χ2n) is 7.23. The van der Waals surface area contributed by atoms with Crippen LogP contribution in [0.4, 0.5) is 0 Å². The minimum Gasteiger partial charge on any atom is -0.396 e. The molecule has 5 heteroatoms. The van der Waals surface area contributed by atoms with Gasteiger partial charge in [-0.05, 0) is 56.4 Å². The third-order valence-corrected chi connectivity index (χ3v) is 5.80. The molecule has 1 aromatic heterocycles. The number of aliphatic hydroxyl groups excluding tert-OH is 1. The van der Waals surface area contributed by atoms with Gasteiger partial charge in [-0.2, -0.15) is 5.10 Å². The van der Waals surface area contributed by atoms with Gasteiger partial charge in [-0.15, -0.1) is 0 Å². The number of hydrogen-bond acceptors (Lipinski definition) is 3. The predicted molar refractivity (Wildman–Crippen MR) is 84.4 cm³/mol. The van der Waals surface area contributed by atoms with E-state index in [9.17, 15) is 9.90 Å². The maximum atomic E-state index is 12.4. The average Bonchev–Trinajstić information content (AvgIpc) is 3.14. The molecule has 0 spiro atoms. The second kappa shape index (κ2) is 6.03. The maximum Gasteiger partial charge on any atom is 0.220 e. The molecule has 5 nitrogen and oxygen atoms in total. The zero-order chi connectivity index (χ0) is 15.9. The van der Waals surface area contributed by atoms with E-state index in [0.29, 0.717) is 18.3 Å². The second-order valence-corrected chi connectivity index (χ2v) is 7.23. The molecule has 2 saturated carbocycles. The number of nitrogens with zero attached hydrogens (tertiary/aromatic N) is 1. The normalized spacial score (nSPS) is 31.5. The summed E-state index contributed by atoms with van der Waals surface area (Å²) in [7, 11) is 0. The van der Waals surface area contributed by atoms with Gasteiger partial charge in [0.2, 0.25) is 5.91 Å². The molecular weight excluding hydrogens is 278 g/mol. The first-order valence-corrected chi connectivity index (χ1v) is 8.43. The van der Waals surface area contributed by atoms with Crippen molar-refractivity contribution in [1.29, 1.82) is 0 Å². The van der Waals surface area contributed by atoms with Gasteiger partial charge < -0.3 is 10.4 Å². The minimum absolute atomic E-state index is 0.100. The van der Waals surface area contributed by atoms with E-state index in [1.165, 1.54) is 19.3 Å². The Morgan fingerprint density at radius 2 is 2.14 bits per heavy atom.